The molecular formula is C25H27N3O5. The van der Waals surface area contributed by atoms with Gasteiger partial charge in [-0.05, 0) is 55.5 Å². The minimum atomic E-state index is -0.632. The summed E-state index contributed by atoms with van der Waals surface area (Å²) < 4.78 is 5.58. The Bertz CT molecular complexity index is 1130. The van der Waals surface area contributed by atoms with Gasteiger partial charge in [0.25, 0.3) is 5.91 Å². The highest BCUT2D eigenvalue weighted by molar-refractivity contribution is 6.05. The van der Waals surface area contributed by atoms with Crippen LogP contribution in [0, 0.1) is 6.92 Å². The summed E-state index contributed by atoms with van der Waals surface area (Å²) in [5, 5.41) is 5.20. The molecule has 2 aromatic rings. The highest BCUT2D eigenvalue weighted by Crippen LogP contribution is 2.28. The maximum Gasteiger partial charge on any atom is 0.255 e. The zero-order valence-corrected chi connectivity index (χ0v) is 18.8. The number of anilines is 1. The van der Waals surface area contributed by atoms with E-state index < -0.39 is 11.9 Å². The molecule has 1 unspecified atom stereocenters. The maximum absolute atomic E-state index is 12.9. The molecule has 2 aromatic carbocycles. The van der Waals surface area contributed by atoms with E-state index in [9.17, 15) is 19.2 Å². The highest BCUT2D eigenvalue weighted by atomic mass is 16.5. The van der Waals surface area contributed by atoms with E-state index in [2.05, 4.69) is 10.6 Å². The molecule has 33 heavy (non-hydrogen) atoms. The van der Waals surface area contributed by atoms with Gasteiger partial charge in [0.05, 0.1) is 6.61 Å². The Labute approximate surface area is 192 Å². The summed E-state index contributed by atoms with van der Waals surface area (Å²) in [6, 6.07) is 10.5. The second kappa shape index (κ2) is 9.44. The Kier molecular flexibility index (Phi) is 6.44. The molecule has 1 saturated heterocycles. The van der Waals surface area contributed by atoms with Gasteiger partial charge in [-0.2, -0.15) is 0 Å². The number of hydrogen-bond acceptors (Lipinski definition) is 5. The molecule has 0 aliphatic carbocycles. The number of rotatable bonds is 7. The van der Waals surface area contributed by atoms with Gasteiger partial charge >= 0.3 is 0 Å². The molecule has 1 fully saturated rings. The van der Waals surface area contributed by atoms with Crippen LogP contribution in [0.4, 0.5) is 5.69 Å². The van der Waals surface area contributed by atoms with Crippen LogP contribution in [0.25, 0.3) is 0 Å². The topological polar surface area (TPSA) is 105 Å². The van der Waals surface area contributed by atoms with Gasteiger partial charge in [-0.3, -0.25) is 24.5 Å². The number of carbonyl (C=O) groups is 4. The van der Waals surface area contributed by atoms with Crippen LogP contribution in [0.1, 0.15) is 53.2 Å². The number of ether oxygens (including phenoxy) is 1. The van der Waals surface area contributed by atoms with Crippen molar-refractivity contribution in [3.05, 3.63) is 58.7 Å². The van der Waals surface area contributed by atoms with E-state index in [0.29, 0.717) is 37.2 Å². The number of piperidine rings is 1. The molecule has 172 valence electrons. The zero-order valence-electron chi connectivity index (χ0n) is 18.8. The quantitative estimate of drug-likeness (QED) is 0.633. The Hall–Kier alpha value is -3.68. The summed E-state index contributed by atoms with van der Waals surface area (Å²) in [5.74, 6) is -0.325. The molecule has 4 amide bonds. The highest BCUT2D eigenvalue weighted by Gasteiger charge is 2.39. The Balaban J connectivity index is 1.37. The van der Waals surface area contributed by atoms with Gasteiger partial charge in [0, 0.05) is 36.7 Å². The molecule has 2 N–H and O–H groups in total. The molecule has 0 radical (unpaired) electrons. The molecule has 8 nitrogen and oxygen atoms in total. The lowest BCUT2D eigenvalue weighted by molar-refractivity contribution is -0.137. The SMILES string of the molecule is CCOc1cc(NC(=O)CCc2ccc3c(c2)C(=O)N(C2CCC(=O)NC2=O)C3)ccc1C. The monoisotopic (exact) mass is 449 g/mol. The number of hydrogen-bond donors (Lipinski definition) is 2. The molecule has 0 spiro atoms. The lowest BCUT2D eigenvalue weighted by Gasteiger charge is -2.29. The van der Waals surface area contributed by atoms with Crippen molar-refractivity contribution in [3.63, 3.8) is 0 Å². The number of nitrogens with one attached hydrogen (secondary N) is 2. The van der Waals surface area contributed by atoms with Gasteiger partial charge in [-0.25, -0.2) is 0 Å². The smallest absolute Gasteiger partial charge is 0.255 e. The minimum absolute atomic E-state index is 0.127. The molecule has 1 atom stereocenters. The Morgan fingerprint density at radius 1 is 1.18 bits per heavy atom. The van der Waals surface area contributed by atoms with Crippen molar-refractivity contribution in [2.24, 2.45) is 0 Å². The van der Waals surface area contributed by atoms with E-state index in [1.807, 2.05) is 44.2 Å². The summed E-state index contributed by atoms with van der Waals surface area (Å²) in [6.07, 6.45) is 1.31. The van der Waals surface area contributed by atoms with E-state index in [-0.39, 0.29) is 30.6 Å². The second-order valence-electron chi connectivity index (χ2n) is 8.35. The predicted molar refractivity (Wildman–Crippen MR) is 122 cm³/mol. The maximum atomic E-state index is 12.9. The van der Waals surface area contributed by atoms with Crippen LogP contribution in [0.15, 0.2) is 36.4 Å². The van der Waals surface area contributed by atoms with Gasteiger partial charge in [-0.1, -0.05) is 18.2 Å². The predicted octanol–water partition coefficient (Wildman–Crippen LogP) is 2.73. The summed E-state index contributed by atoms with van der Waals surface area (Å²) in [7, 11) is 0. The number of benzene rings is 2. The summed E-state index contributed by atoms with van der Waals surface area (Å²) in [6.45, 7) is 4.76. The summed E-state index contributed by atoms with van der Waals surface area (Å²) in [4.78, 5) is 50.5. The van der Waals surface area contributed by atoms with Crippen molar-refractivity contribution in [2.75, 3.05) is 11.9 Å². The first-order valence-electron chi connectivity index (χ1n) is 11.2. The third-order valence-corrected chi connectivity index (χ3v) is 6.01. The van der Waals surface area contributed by atoms with E-state index in [1.54, 1.807) is 6.07 Å². The molecular weight excluding hydrogens is 422 g/mol. The van der Waals surface area contributed by atoms with E-state index in [0.717, 1.165) is 22.4 Å². The van der Waals surface area contributed by atoms with Crippen LogP contribution in [0.5, 0.6) is 5.75 Å². The fraction of sp³-hybridized carbons (Fsp3) is 0.360. The van der Waals surface area contributed by atoms with Crippen LogP contribution >= 0.6 is 0 Å². The second-order valence-corrected chi connectivity index (χ2v) is 8.35. The van der Waals surface area contributed by atoms with Crippen LogP contribution in [0.3, 0.4) is 0 Å². The Morgan fingerprint density at radius 2 is 2.00 bits per heavy atom. The van der Waals surface area contributed by atoms with E-state index in [1.165, 1.54) is 4.90 Å². The van der Waals surface area contributed by atoms with Crippen molar-refractivity contribution in [1.82, 2.24) is 10.2 Å². The number of nitrogens with zero attached hydrogens (tertiary/aromatic N) is 1. The third kappa shape index (κ3) is 4.89. The molecule has 2 heterocycles. The van der Waals surface area contributed by atoms with Gasteiger partial charge in [0.2, 0.25) is 17.7 Å². The van der Waals surface area contributed by atoms with Gasteiger partial charge in [-0.15, -0.1) is 0 Å². The first kappa shape index (κ1) is 22.5. The van der Waals surface area contributed by atoms with Crippen LogP contribution in [0.2, 0.25) is 0 Å². The van der Waals surface area contributed by atoms with Crippen molar-refractivity contribution >= 4 is 29.3 Å². The largest absolute Gasteiger partial charge is 0.494 e. The molecule has 0 saturated carbocycles. The zero-order chi connectivity index (χ0) is 23.5. The first-order valence-corrected chi connectivity index (χ1v) is 11.2. The normalized spacial score (nSPS) is 17.6. The average molecular weight is 450 g/mol. The number of fused-ring (bicyclic) bond motifs is 1. The van der Waals surface area contributed by atoms with Crippen molar-refractivity contribution in [3.8, 4) is 5.75 Å². The Morgan fingerprint density at radius 3 is 2.76 bits per heavy atom. The standard InChI is InChI=1S/C25H27N3O5/c1-3-33-21-13-18(8-4-15(21)2)26-22(29)10-6-16-5-7-17-14-28(25(32)19(17)12-16)20-9-11-23(30)27-24(20)31/h4-5,7-8,12-13,20H,3,6,9-11,14H2,1-2H3,(H,26,29)(H,27,30,31). The van der Waals surface area contributed by atoms with Crippen molar-refractivity contribution < 1.29 is 23.9 Å². The number of aryl methyl sites for hydroxylation is 2. The molecule has 4 rings (SSSR count). The van der Waals surface area contributed by atoms with E-state index in [4.69, 9.17) is 4.74 Å². The minimum Gasteiger partial charge on any atom is -0.494 e. The fourth-order valence-electron chi connectivity index (χ4n) is 4.23. The van der Waals surface area contributed by atoms with Crippen LogP contribution in [-0.2, 0) is 27.3 Å². The van der Waals surface area contributed by atoms with Crippen LogP contribution in [-0.4, -0.2) is 41.2 Å². The van der Waals surface area contributed by atoms with E-state index >= 15 is 0 Å². The number of imide groups is 1. The molecule has 0 bridgehead atoms. The van der Waals surface area contributed by atoms with Crippen LogP contribution < -0.4 is 15.4 Å². The van der Waals surface area contributed by atoms with Gasteiger partial charge < -0.3 is 15.0 Å². The lowest BCUT2D eigenvalue weighted by atomic mass is 10.0. The number of carbonyl (C=O) groups excluding carboxylic acids is 4. The molecule has 2 aliphatic rings. The average Bonchev–Trinajstić information content (AvgIpc) is 3.10. The lowest BCUT2D eigenvalue weighted by Crippen LogP contribution is -2.52. The number of amides is 4. The molecule has 2 aliphatic heterocycles. The third-order valence-electron chi connectivity index (χ3n) is 6.01. The summed E-state index contributed by atoms with van der Waals surface area (Å²) >= 11 is 0. The fourth-order valence-corrected chi connectivity index (χ4v) is 4.23. The molecule has 0 aromatic heterocycles. The van der Waals surface area contributed by atoms with Gasteiger partial charge in [0.1, 0.15) is 11.8 Å². The van der Waals surface area contributed by atoms with Crippen molar-refractivity contribution in [2.45, 2.75) is 52.1 Å². The molecule has 8 heteroatoms. The van der Waals surface area contributed by atoms with Gasteiger partial charge in [0.15, 0.2) is 0 Å². The van der Waals surface area contributed by atoms with Crippen molar-refractivity contribution in [1.29, 1.82) is 0 Å². The first-order chi connectivity index (χ1) is 15.9. The summed E-state index contributed by atoms with van der Waals surface area (Å²) in [5.41, 5.74) is 3.96.